The molecule has 7 heteroatoms. The van der Waals surface area contributed by atoms with Gasteiger partial charge in [-0.15, -0.1) is 0 Å². The highest BCUT2D eigenvalue weighted by Gasteiger charge is 2.20. The molecule has 3 N–H and O–H groups in total. The van der Waals surface area contributed by atoms with Gasteiger partial charge in [0.15, 0.2) is 0 Å². The lowest BCUT2D eigenvalue weighted by atomic mass is 9.87. The summed E-state index contributed by atoms with van der Waals surface area (Å²) in [5.74, 6) is -0.120. The van der Waals surface area contributed by atoms with Crippen molar-refractivity contribution >= 4 is 15.7 Å². The molecular weight excluding hydrogens is 278 g/mol. The molecule has 0 saturated heterocycles. The van der Waals surface area contributed by atoms with Gasteiger partial charge in [0, 0.05) is 6.20 Å². The lowest BCUT2D eigenvalue weighted by molar-refractivity contribution is 0.476. The van der Waals surface area contributed by atoms with Crippen molar-refractivity contribution in [3.05, 3.63) is 36.2 Å². The Balaban J connectivity index is 2.39. The molecule has 0 radical (unpaired) electrons. The van der Waals surface area contributed by atoms with Crippen molar-refractivity contribution in [2.75, 3.05) is 4.72 Å². The first-order chi connectivity index (χ1) is 9.20. The fourth-order valence-corrected chi connectivity index (χ4v) is 2.64. The number of phenolic OH excluding ortho intramolecular Hbond substituents is 1. The van der Waals surface area contributed by atoms with E-state index in [0.717, 1.165) is 5.56 Å². The highest BCUT2D eigenvalue weighted by Crippen LogP contribution is 2.31. The van der Waals surface area contributed by atoms with Crippen molar-refractivity contribution < 1.29 is 13.5 Å². The van der Waals surface area contributed by atoms with Gasteiger partial charge in [-0.1, -0.05) is 26.8 Å². The largest absolute Gasteiger partial charge is 0.506 e. The molecule has 0 bridgehead atoms. The minimum Gasteiger partial charge on any atom is -0.506 e. The molecule has 20 heavy (non-hydrogen) atoms. The zero-order valence-corrected chi connectivity index (χ0v) is 12.3. The topological polar surface area (TPSA) is 95.1 Å². The van der Waals surface area contributed by atoms with Crippen molar-refractivity contribution in [2.24, 2.45) is 0 Å². The van der Waals surface area contributed by atoms with E-state index in [1.807, 2.05) is 20.8 Å². The van der Waals surface area contributed by atoms with Gasteiger partial charge in [-0.25, -0.2) is 8.42 Å². The molecular formula is C13H17N3O3S. The Labute approximate surface area is 117 Å². The fraction of sp³-hybridized carbons (Fsp3) is 0.308. The third-order valence-corrected chi connectivity index (χ3v) is 4.22. The molecule has 1 aromatic heterocycles. The van der Waals surface area contributed by atoms with E-state index in [1.165, 1.54) is 18.5 Å². The number of aromatic hydroxyl groups is 1. The van der Waals surface area contributed by atoms with Gasteiger partial charge in [-0.05, 0) is 23.1 Å². The Morgan fingerprint density at radius 2 is 2.00 bits per heavy atom. The first-order valence-corrected chi connectivity index (χ1v) is 7.53. The van der Waals surface area contributed by atoms with E-state index in [0.29, 0.717) is 0 Å². The van der Waals surface area contributed by atoms with E-state index in [4.69, 9.17) is 0 Å². The average molecular weight is 295 g/mol. The van der Waals surface area contributed by atoms with Crippen LogP contribution in [0.1, 0.15) is 26.3 Å². The predicted octanol–water partition coefficient (Wildman–Crippen LogP) is 2.21. The molecule has 0 spiro atoms. The van der Waals surface area contributed by atoms with E-state index in [9.17, 15) is 13.5 Å². The molecule has 2 rings (SSSR count). The Bertz CT molecular complexity index is 701. The highest BCUT2D eigenvalue weighted by molar-refractivity contribution is 7.92. The number of hydrogen-bond donors (Lipinski definition) is 3. The van der Waals surface area contributed by atoms with Gasteiger partial charge < -0.3 is 5.11 Å². The maximum absolute atomic E-state index is 12.1. The van der Waals surface area contributed by atoms with Crippen LogP contribution < -0.4 is 4.72 Å². The van der Waals surface area contributed by atoms with E-state index in [-0.39, 0.29) is 21.7 Å². The summed E-state index contributed by atoms with van der Waals surface area (Å²) in [6.07, 6.45) is 2.47. The minimum absolute atomic E-state index is 0.0121. The number of aromatic nitrogens is 2. The van der Waals surface area contributed by atoms with Crippen molar-refractivity contribution in [2.45, 2.75) is 31.1 Å². The number of nitrogens with one attached hydrogen (secondary N) is 2. The van der Waals surface area contributed by atoms with Crippen LogP contribution in [0.15, 0.2) is 35.5 Å². The van der Waals surface area contributed by atoms with Crippen LogP contribution in [0.3, 0.4) is 0 Å². The molecule has 0 atom stereocenters. The van der Waals surface area contributed by atoms with E-state index in [2.05, 4.69) is 14.9 Å². The minimum atomic E-state index is -3.76. The smallest absolute Gasteiger partial charge is 0.265 e. The standard InChI is InChI=1S/C13H17N3O3S/c1-13(2,3)9-4-5-12(17)11(6-9)16-20(18,19)10-7-14-15-8-10/h4-8,16-17H,1-3H3,(H,14,15). The van der Waals surface area contributed by atoms with Gasteiger partial charge in [0.25, 0.3) is 10.0 Å². The van der Waals surface area contributed by atoms with Crippen molar-refractivity contribution in [3.8, 4) is 5.75 Å². The summed E-state index contributed by atoms with van der Waals surface area (Å²) >= 11 is 0. The van der Waals surface area contributed by atoms with Gasteiger partial charge >= 0.3 is 0 Å². The van der Waals surface area contributed by atoms with Gasteiger partial charge in [-0.3, -0.25) is 9.82 Å². The lowest BCUT2D eigenvalue weighted by Gasteiger charge is -2.20. The second-order valence-corrected chi connectivity index (χ2v) is 7.20. The Morgan fingerprint density at radius 3 is 2.55 bits per heavy atom. The lowest BCUT2D eigenvalue weighted by Crippen LogP contribution is -2.15. The molecule has 0 unspecified atom stereocenters. The van der Waals surface area contributed by atoms with E-state index in [1.54, 1.807) is 12.1 Å². The number of hydrogen-bond acceptors (Lipinski definition) is 4. The van der Waals surface area contributed by atoms with Gasteiger partial charge in [0.05, 0.1) is 11.9 Å². The fourth-order valence-electron chi connectivity index (χ4n) is 1.67. The molecule has 0 aliphatic rings. The number of benzene rings is 1. The van der Waals surface area contributed by atoms with E-state index >= 15 is 0 Å². The molecule has 0 amide bonds. The second kappa shape index (κ2) is 4.82. The SMILES string of the molecule is CC(C)(C)c1ccc(O)c(NS(=O)(=O)c2cn[nH]c2)c1. The number of nitrogens with zero attached hydrogens (tertiary/aromatic N) is 1. The summed E-state index contributed by atoms with van der Waals surface area (Å²) in [5.41, 5.74) is 0.919. The van der Waals surface area contributed by atoms with Crippen LogP contribution in [0, 0.1) is 0 Å². The maximum atomic E-state index is 12.1. The number of anilines is 1. The molecule has 0 aliphatic heterocycles. The number of phenols is 1. The summed E-state index contributed by atoms with van der Waals surface area (Å²) in [7, 11) is -3.76. The molecule has 0 fully saturated rings. The van der Waals surface area contributed by atoms with Crippen molar-refractivity contribution in [1.29, 1.82) is 0 Å². The third-order valence-electron chi connectivity index (χ3n) is 2.89. The summed E-state index contributed by atoms with van der Waals surface area (Å²) in [6, 6.07) is 4.88. The van der Waals surface area contributed by atoms with Crippen LogP contribution in [0.25, 0.3) is 0 Å². The van der Waals surface area contributed by atoms with Gasteiger partial charge in [0.1, 0.15) is 10.6 Å². The highest BCUT2D eigenvalue weighted by atomic mass is 32.2. The summed E-state index contributed by atoms with van der Waals surface area (Å²) in [4.78, 5) is 0.0121. The Hall–Kier alpha value is -2.02. The van der Waals surface area contributed by atoms with Gasteiger partial charge in [0.2, 0.25) is 0 Å². The number of rotatable bonds is 3. The van der Waals surface area contributed by atoms with Crippen LogP contribution in [0.5, 0.6) is 5.75 Å². The molecule has 108 valence electrons. The number of H-pyrrole nitrogens is 1. The van der Waals surface area contributed by atoms with Crippen LogP contribution in [-0.2, 0) is 15.4 Å². The van der Waals surface area contributed by atoms with Crippen LogP contribution in [0.4, 0.5) is 5.69 Å². The summed E-state index contributed by atoms with van der Waals surface area (Å²) in [6.45, 7) is 6.02. The number of aromatic amines is 1. The zero-order chi connectivity index (χ0) is 15.0. The summed E-state index contributed by atoms with van der Waals surface area (Å²) < 4.78 is 26.6. The molecule has 0 saturated carbocycles. The maximum Gasteiger partial charge on any atom is 0.265 e. The van der Waals surface area contributed by atoms with Gasteiger partial charge in [-0.2, -0.15) is 5.10 Å². The van der Waals surface area contributed by atoms with Crippen LogP contribution in [0.2, 0.25) is 0 Å². The molecule has 1 heterocycles. The molecule has 6 nitrogen and oxygen atoms in total. The molecule has 0 aliphatic carbocycles. The van der Waals surface area contributed by atoms with Crippen molar-refractivity contribution in [3.63, 3.8) is 0 Å². The number of sulfonamides is 1. The van der Waals surface area contributed by atoms with Crippen molar-refractivity contribution in [1.82, 2.24) is 10.2 Å². The zero-order valence-electron chi connectivity index (χ0n) is 11.5. The first kappa shape index (κ1) is 14.4. The predicted molar refractivity (Wildman–Crippen MR) is 76.2 cm³/mol. The Morgan fingerprint density at radius 1 is 1.30 bits per heavy atom. The first-order valence-electron chi connectivity index (χ1n) is 6.05. The summed E-state index contributed by atoms with van der Waals surface area (Å²) in [5, 5.41) is 15.9. The second-order valence-electron chi connectivity index (χ2n) is 5.52. The molecule has 1 aromatic carbocycles. The third kappa shape index (κ3) is 2.93. The van der Waals surface area contributed by atoms with Crippen LogP contribution >= 0.6 is 0 Å². The average Bonchev–Trinajstić information content (AvgIpc) is 2.84. The van der Waals surface area contributed by atoms with E-state index < -0.39 is 10.0 Å². The molecule has 2 aromatic rings. The normalized spacial score (nSPS) is 12.3. The Kier molecular flexibility index (Phi) is 3.47. The van der Waals surface area contributed by atoms with Crippen LogP contribution in [-0.4, -0.2) is 23.7 Å². The quantitative estimate of drug-likeness (QED) is 0.757. The monoisotopic (exact) mass is 295 g/mol.